The summed E-state index contributed by atoms with van der Waals surface area (Å²) >= 11 is 2.01. The van der Waals surface area contributed by atoms with E-state index in [0.717, 1.165) is 47.3 Å². The number of carbonyl (C=O) groups excluding carboxylic acids is 3. The quantitative estimate of drug-likeness (QED) is 0.275. The van der Waals surface area contributed by atoms with Gasteiger partial charge in [0.25, 0.3) is 5.69 Å². The van der Waals surface area contributed by atoms with E-state index in [9.17, 15) is 34.4 Å². The zero-order valence-corrected chi connectivity index (χ0v) is 22.7. The van der Waals surface area contributed by atoms with Crippen LogP contribution in [0.1, 0.15) is 35.6 Å². The molecule has 0 spiro atoms. The first kappa shape index (κ1) is 26.3. The number of thioether (sulfide) groups is 1. The second-order valence-electron chi connectivity index (χ2n) is 9.95. The van der Waals surface area contributed by atoms with Crippen LogP contribution in [0, 0.1) is 16.0 Å². The van der Waals surface area contributed by atoms with E-state index in [1.807, 2.05) is 0 Å². The molecule has 2 saturated heterocycles. The Morgan fingerprint density at radius 1 is 1.00 bits per heavy atom. The Kier molecular flexibility index (Phi) is 6.70. The summed E-state index contributed by atoms with van der Waals surface area (Å²) in [7, 11) is 0. The smallest absolute Gasteiger partial charge is 0.308 e. The van der Waals surface area contributed by atoms with Crippen LogP contribution in [-0.2, 0) is 20.9 Å². The highest BCUT2D eigenvalue weighted by Gasteiger charge is 2.57. The van der Waals surface area contributed by atoms with Crippen molar-refractivity contribution in [2.45, 2.75) is 42.0 Å². The van der Waals surface area contributed by atoms with Gasteiger partial charge in [-0.05, 0) is 37.5 Å². The molecule has 0 unspecified atom stereocenters. The Bertz CT molecular complexity index is 1590. The number of nitrogens with zero attached hydrogens (tertiary/aromatic N) is 4. The third-order valence-corrected chi connectivity index (χ3v) is 10.2. The number of fused-ring (bicyclic) bond motifs is 2. The number of benzene rings is 2. The van der Waals surface area contributed by atoms with Gasteiger partial charge in [0.1, 0.15) is 17.5 Å². The van der Waals surface area contributed by atoms with Crippen LogP contribution in [0.2, 0.25) is 0 Å². The molecule has 0 radical (unpaired) electrons. The molecule has 13 heteroatoms. The van der Waals surface area contributed by atoms with Crippen molar-refractivity contribution >= 4 is 52.2 Å². The molecule has 1 N–H and O–H groups in total. The number of likely N-dealkylation sites (tertiary alicyclic amines) is 1. The lowest BCUT2D eigenvalue weighted by atomic mass is 9.82. The normalized spacial score (nSPS) is 22.2. The summed E-state index contributed by atoms with van der Waals surface area (Å²) in [6, 6.07) is 11.7. The summed E-state index contributed by atoms with van der Waals surface area (Å²) in [6.45, 7) is 1.10. The first-order valence-electron chi connectivity index (χ1n) is 12.8. The predicted molar refractivity (Wildman–Crippen MR) is 148 cm³/mol. The van der Waals surface area contributed by atoms with E-state index in [1.165, 1.54) is 34.9 Å². The first-order chi connectivity index (χ1) is 19.3. The van der Waals surface area contributed by atoms with Gasteiger partial charge >= 0.3 is 4.87 Å². The van der Waals surface area contributed by atoms with Crippen LogP contribution >= 0.6 is 23.1 Å². The van der Waals surface area contributed by atoms with Crippen molar-refractivity contribution in [3.8, 4) is 5.75 Å². The number of non-ortho nitro benzene ring substituents is 1. The Labute approximate surface area is 236 Å². The van der Waals surface area contributed by atoms with Crippen molar-refractivity contribution in [2.75, 3.05) is 18.0 Å². The number of hydrogen-bond donors (Lipinski definition) is 1. The Morgan fingerprint density at radius 2 is 1.70 bits per heavy atom. The molecule has 3 aliphatic rings. The molecule has 2 aromatic carbocycles. The van der Waals surface area contributed by atoms with Crippen molar-refractivity contribution in [1.29, 1.82) is 0 Å². The molecule has 3 aromatic rings. The number of aromatic hydroxyl groups is 1. The zero-order valence-electron chi connectivity index (χ0n) is 21.1. The van der Waals surface area contributed by atoms with Gasteiger partial charge < -0.3 is 10.0 Å². The lowest BCUT2D eigenvalue weighted by Crippen LogP contribution is -2.39. The molecule has 1 aromatic heterocycles. The second kappa shape index (κ2) is 10.2. The molecular weight excluding hydrogens is 556 g/mol. The minimum atomic E-state index is -0.933. The molecule has 11 nitrogen and oxygen atoms in total. The van der Waals surface area contributed by atoms with E-state index in [1.54, 1.807) is 23.1 Å². The molecule has 3 aliphatic heterocycles. The number of nitro benzene ring substituents is 1. The fraction of sp³-hybridized carbons (Fsp3) is 0.333. The van der Waals surface area contributed by atoms with Crippen LogP contribution in [0.15, 0.2) is 58.4 Å². The maximum absolute atomic E-state index is 13.9. The summed E-state index contributed by atoms with van der Waals surface area (Å²) in [5, 5.41) is 21.4. The summed E-state index contributed by atoms with van der Waals surface area (Å²) in [6.07, 6.45) is 2.87. The predicted octanol–water partition coefficient (Wildman–Crippen LogP) is 3.33. The molecule has 4 heterocycles. The number of aromatic nitrogens is 1. The highest BCUT2D eigenvalue weighted by Crippen LogP contribution is 2.55. The van der Waals surface area contributed by atoms with Gasteiger partial charge in [-0.25, -0.2) is 4.90 Å². The average Bonchev–Trinajstić information content (AvgIpc) is 3.40. The van der Waals surface area contributed by atoms with Gasteiger partial charge in [0, 0.05) is 41.6 Å². The number of phenolic OH excluding ortho intramolecular Hbond substituents is 1. The number of anilines is 1. The van der Waals surface area contributed by atoms with Crippen molar-refractivity contribution in [1.82, 2.24) is 9.47 Å². The number of imide groups is 1. The topological polar surface area (TPSA) is 143 Å². The van der Waals surface area contributed by atoms with E-state index in [-0.39, 0.29) is 34.4 Å². The molecule has 206 valence electrons. The Morgan fingerprint density at radius 3 is 2.38 bits per heavy atom. The van der Waals surface area contributed by atoms with E-state index in [0.29, 0.717) is 28.6 Å². The fourth-order valence-electron chi connectivity index (χ4n) is 5.70. The van der Waals surface area contributed by atoms with Crippen LogP contribution in [0.25, 0.3) is 0 Å². The molecule has 40 heavy (non-hydrogen) atoms. The number of phenols is 1. The summed E-state index contributed by atoms with van der Waals surface area (Å²) in [5.41, 5.74) is 0.431. The van der Waals surface area contributed by atoms with Crippen LogP contribution in [0.5, 0.6) is 5.75 Å². The third kappa shape index (κ3) is 4.29. The third-order valence-electron chi connectivity index (χ3n) is 7.64. The van der Waals surface area contributed by atoms with E-state index in [2.05, 4.69) is 0 Å². The summed E-state index contributed by atoms with van der Waals surface area (Å²) in [4.78, 5) is 67.5. The van der Waals surface area contributed by atoms with Crippen molar-refractivity contribution in [2.24, 2.45) is 5.92 Å². The van der Waals surface area contributed by atoms with Crippen LogP contribution in [0.4, 0.5) is 11.4 Å². The van der Waals surface area contributed by atoms with Crippen LogP contribution in [-0.4, -0.2) is 55.6 Å². The summed E-state index contributed by atoms with van der Waals surface area (Å²) < 4.78 is 1.39. The molecule has 3 amide bonds. The second-order valence-corrected chi connectivity index (χ2v) is 12.1. The Balaban J connectivity index is 1.43. The van der Waals surface area contributed by atoms with Crippen molar-refractivity contribution in [3.05, 3.63) is 78.8 Å². The fourth-order valence-corrected chi connectivity index (χ4v) is 8.46. The van der Waals surface area contributed by atoms with Gasteiger partial charge in [0.05, 0.1) is 21.6 Å². The lowest BCUT2D eigenvalue weighted by molar-refractivity contribution is -0.384. The number of thiazole rings is 1. The number of hydrogen-bond acceptors (Lipinski definition) is 9. The maximum atomic E-state index is 13.9. The van der Waals surface area contributed by atoms with Crippen LogP contribution in [0.3, 0.4) is 0 Å². The van der Waals surface area contributed by atoms with Crippen molar-refractivity contribution < 1.29 is 24.4 Å². The van der Waals surface area contributed by atoms with Crippen LogP contribution < -0.4 is 9.77 Å². The largest absolute Gasteiger partial charge is 0.508 e. The highest BCUT2D eigenvalue weighted by atomic mass is 32.2. The van der Waals surface area contributed by atoms with E-state index in [4.69, 9.17) is 0 Å². The molecular formula is C27H24N4O7S2. The molecule has 6 rings (SSSR count). The molecule has 2 fully saturated rings. The standard InChI is InChI=1S/C27H24N4O7S2/c32-18-7-3-2-6-17(18)20-21-22(25(35)30(24(21)34)15-8-10-16(11-9-15)31(37)38)39-26-23(20)40-27(36)29(26)14-19(33)28-12-4-1-5-13-28/h2-3,6-11,20-22,32H,1,4-5,12-14H2/t20-,21+,22-/m0/s1. The van der Waals surface area contributed by atoms with E-state index >= 15 is 0 Å². The molecule has 3 atom stereocenters. The average molecular weight is 581 g/mol. The SMILES string of the molecule is O=C(Cn1c2c(sc1=O)[C@@H](c1ccccc1O)[C@H]1C(=O)N(c3ccc([N+](=O)[O-])cc3)C(=O)[C@H]1S2)N1CCCCC1. The van der Waals surface area contributed by atoms with Gasteiger partial charge in [-0.15, -0.1) is 0 Å². The van der Waals surface area contributed by atoms with Crippen molar-refractivity contribution in [3.63, 3.8) is 0 Å². The zero-order chi connectivity index (χ0) is 28.1. The Hall–Kier alpha value is -3.97. The van der Waals surface area contributed by atoms with Gasteiger partial charge in [-0.2, -0.15) is 0 Å². The lowest BCUT2D eigenvalue weighted by Gasteiger charge is -2.31. The highest BCUT2D eigenvalue weighted by molar-refractivity contribution is 8.00. The molecule has 0 aliphatic carbocycles. The number of para-hydroxylation sites is 1. The summed E-state index contributed by atoms with van der Waals surface area (Å²) in [5.74, 6) is -3.02. The molecule has 0 bridgehead atoms. The number of amides is 3. The number of nitro groups is 1. The monoisotopic (exact) mass is 580 g/mol. The molecule has 0 saturated carbocycles. The number of rotatable bonds is 5. The van der Waals surface area contributed by atoms with Gasteiger partial charge in [-0.3, -0.25) is 33.9 Å². The number of carbonyl (C=O) groups is 3. The first-order valence-corrected chi connectivity index (χ1v) is 14.5. The van der Waals surface area contributed by atoms with E-state index < -0.39 is 33.8 Å². The maximum Gasteiger partial charge on any atom is 0.308 e. The van der Waals surface area contributed by atoms with Gasteiger partial charge in [-0.1, -0.05) is 41.3 Å². The van der Waals surface area contributed by atoms with Gasteiger partial charge in [0.2, 0.25) is 17.7 Å². The minimum Gasteiger partial charge on any atom is -0.508 e. The number of piperidine rings is 1. The minimum absolute atomic E-state index is 0.0741. The van der Waals surface area contributed by atoms with Gasteiger partial charge in [0.15, 0.2) is 0 Å².